The molecular weight excluding hydrogens is 274 g/mol. The highest BCUT2D eigenvalue weighted by molar-refractivity contribution is 5.51. The topological polar surface area (TPSA) is 92.8 Å². The van der Waals surface area contributed by atoms with Gasteiger partial charge >= 0.3 is 5.69 Å². The van der Waals surface area contributed by atoms with Crippen LogP contribution in [0.4, 0.5) is 5.69 Å². The Morgan fingerprint density at radius 3 is 2.57 bits per heavy atom. The first-order valence-corrected chi connectivity index (χ1v) is 6.36. The van der Waals surface area contributed by atoms with Crippen molar-refractivity contribution < 1.29 is 19.9 Å². The van der Waals surface area contributed by atoms with Crippen LogP contribution in [0, 0.1) is 10.1 Å². The van der Waals surface area contributed by atoms with Gasteiger partial charge < -0.3 is 14.9 Å². The molecule has 0 amide bonds. The van der Waals surface area contributed by atoms with Gasteiger partial charge in [-0.2, -0.15) is 0 Å². The molecule has 0 aliphatic heterocycles. The number of hydrogen-bond acceptors (Lipinski definition) is 5. The molecule has 6 heteroatoms. The first kappa shape index (κ1) is 15.0. The lowest BCUT2D eigenvalue weighted by Gasteiger charge is -2.11. The molecule has 0 aliphatic rings. The fourth-order valence-electron chi connectivity index (χ4n) is 1.88. The van der Waals surface area contributed by atoms with Crippen LogP contribution in [0.15, 0.2) is 42.5 Å². The van der Waals surface area contributed by atoms with Gasteiger partial charge in [-0.15, -0.1) is 0 Å². The molecule has 6 nitrogen and oxygen atoms in total. The maximum Gasteiger partial charge on any atom is 0.311 e. The predicted octanol–water partition coefficient (Wildman–Crippen LogP) is 2.93. The highest BCUT2D eigenvalue weighted by Crippen LogP contribution is 2.34. The minimum absolute atomic E-state index is 0.0605. The van der Waals surface area contributed by atoms with Crippen molar-refractivity contribution in [1.29, 1.82) is 0 Å². The minimum Gasteiger partial charge on any atom is -0.450 e. The van der Waals surface area contributed by atoms with Crippen molar-refractivity contribution >= 4 is 5.69 Å². The van der Waals surface area contributed by atoms with Crippen LogP contribution in [0.25, 0.3) is 0 Å². The molecule has 2 aromatic carbocycles. The summed E-state index contributed by atoms with van der Waals surface area (Å²) in [6, 6.07) is 11.0. The van der Waals surface area contributed by atoms with E-state index in [1.807, 2.05) is 0 Å². The molecule has 0 saturated heterocycles. The number of para-hydroxylation sites is 1. The van der Waals surface area contributed by atoms with Gasteiger partial charge in [0.05, 0.1) is 17.6 Å². The molecular formula is C15H15NO5. The number of hydrogen-bond donors (Lipinski definition) is 2. The van der Waals surface area contributed by atoms with Gasteiger partial charge in [0.25, 0.3) is 0 Å². The van der Waals surface area contributed by atoms with Crippen LogP contribution in [0.3, 0.4) is 0 Å². The Hall–Kier alpha value is -2.44. The number of aliphatic hydroxyl groups is 2. The lowest BCUT2D eigenvalue weighted by molar-refractivity contribution is -0.385. The van der Waals surface area contributed by atoms with E-state index in [-0.39, 0.29) is 18.0 Å². The fraction of sp³-hybridized carbons (Fsp3) is 0.200. The van der Waals surface area contributed by atoms with Gasteiger partial charge in [-0.05, 0) is 24.6 Å². The van der Waals surface area contributed by atoms with Gasteiger partial charge in [-0.25, -0.2) is 0 Å². The summed E-state index contributed by atoms with van der Waals surface area (Å²) in [5.74, 6) is 0.415. The van der Waals surface area contributed by atoms with E-state index in [0.717, 1.165) is 0 Å². The summed E-state index contributed by atoms with van der Waals surface area (Å²) in [7, 11) is 0. The summed E-state index contributed by atoms with van der Waals surface area (Å²) in [5.41, 5.74) is 0.733. The van der Waals surface area contributed by atoms with E-state index in [2.05, 4.69) is 0 Å². The first-order chi connectivity index (χ1) is 10.0. The average Bonchev–Trinajstić information content (AvgIpc) is 2.47. The van der Waals surface area contributed by atoms with Crippen molar-refractivity contribution in [3.05, 3.63) is 63.7 Å². The molecule has 2 rings (SSSR count). The molecule has 0 aliphatic carbocycles. The number of ether oxygens (including phenoxy) is 1. The Morgan fingerprint density at radius 1 is 1.24 bits per heavy atom. The smallest absolute Gasteiger partial charge is 0.311 e. The molecule has 0 bridgehead atoms. The van der Waals surface area contributed by atoms with Crippen LogP contribution in [-0.4, -0.2) is 15.1 Å². The van der Waals surface area contributed by atoms with E-state index in [0.29, 0.717) is 16.9 Å². The third-order valence-electron chi connectivity index (χ3n) is 3.02. The van der Waals surface area contributed by atoms with Crippen molar-refractivity contribution in [3.63, 3.8) is 0 Å². The van der Waals surface area contributed by atoms with E-state index in [4.69, 9.17) is 4.74 Å². The molecule has 0 spiro atoms. The summed E-state index contributed by atoms with van der Waals surface area (Å²) < 4.78 is 5.54. The molecule has 21 heavy (non-hydrogen) atoms. The van der Waals surface area contributed by atoms with Crippen LogP contribution in [0.2, 0.25) is 0 Å². The van der Waals surface area contributed by atoms with E-state index in [9.17, 15) is 20.3 Å². The third-order valence-corrected chi connectivity index (χ3v) is 3.02. The summed E-state index contributed by atoms with van der Waals surface area (Å²) in [6.45, 7) is 1.30. The molecule has 0 saturated carbocycles. The van der Waals surface area contributed by atoms with Gasteiger partial charge in [-0.3, -0.25) is 10.1 Å². The lowest BCUT2D eigenvalue weighted by atomic mass is 10.1. The van der Waals surface area contributed by atoms with Crippen LogP contribution in [-0.2, 0) is 6.61 Å². The Balaban J connectivity index is 2.42. The number of nitro groups is 1. The first-order valence-electron chi connectivity index (χ1n) is 6.36. The average molecular weight is 289 g/mol. The number of aliphatic hydroxyl groups excluding tert-OH is 2. The summed E-state index contributed by atoms with van der Waals surface area (Å²) in [6.07, 6.45) is -0.803. The zero-order valence-electron chi connectivity index (χ0n) is 11.4. The second-order valence-corrected chi connectivity index (χ2v) is 4.53. The molecule has 0 aromatic heterocycles. The molecule has 1 atom stereocenters. The monoisotopic (exact) mass is 289 g/mol. The van der Waals surface area contributed by atoms with Crippen molar-refractivity contribution in [2.24, 2.45) is 0 Å². The van der Waals surface area contributed by atoms with E-state index >= 15 is 0 Å². The Kier molecular flexibility index (Phi) is 4.52. The van der Waals surface area contributed by atoms with Crippen molar-refractivity contribution in [3.8, 4) is 11.5 Å². The number of nitro benzene ring substituents is 1. The predicted molar refractivity (Wildman–Crippen MR) is 76.2 cm³/mol. The highest BCUT2D eigenvalue weighted by atomic mass is 16.6. The molecule has 2 N–H and O–H groups in total. The van der Waals surface area contributed by atoms with Gasteiger partial charge in [0, 0.05) is 11.6 Å². The van der Waals surface area contributed by atoms with Crippen molar-refractivity contribution in [1.82, 2.24) is 0 Å². The van der Waals surface area contributed by atoms with Crippen LogP contribution in [0.1, 0.15) is 24.2 Å². The number of nitrogens with zero attached hydrogens (tertiary/aromatic N) is 1. The number of rotatable bonds is 5. The van der Waals surface area contributed by atoms with Crippen molar-refractivity contribution in [2.45, 2.75) is 19.6 Å². The van der Waals surface area contributed by atoms with Gasteiger partial charge in [0.2, 0.25) is 5.75 Å². The minimum atomic E-state index is -0.803. The lowest BCUT2D eigenvalue weighted by Crippen LogP contribution is -1.98. The standard InChI is InChI=1S/C15H15NO5/c1-10(18)11-6-7-15(13(8-11)16(19)20)21-14-5-3-2-4-12(14)9-17/h2-8,10,17-18H,9H2,1H3/t10-/m0/s1. The Morgan fingerprint density at radius 2 is 1.95 bits per heavy atom. The Labute approximate surface area is 121 Å². The number of benzene rings is 2. The van der Waals surface area contributed by atoms with E-state index in [1.165, 1.54) is 19.1 Å². The van der Waals surface area contributed by atoms with Gasteiger partial charge in [-0.1, -0.05) is 24.3 Å². The van der Waals surface area contributed by atoms with E-state index < -0.39 is 11.0 Å². The Bertz CT molecular complexity index is 654. The van der Waals surface area contributed by atoms with Gasteiger partial charge in [0.1, 0.15) is 5.75 Å². The fourth-order valence-corrected chi connectivity index (χ4v) is 1.88. The van der Waals surface area contributed by atoms with Crippen molar-refractivity contribution in [2.75, 3.05) is 0 Å². The second kappa shape index (κ2) is 6.34. The molecule has 0 fully saturated rings. The van der Waals surface area contributed by atoms with Crippen LogP contribution >= 0.6 is 0 Å². The zero-order chi connectivity index (χ0) is 15.4. The molecule has 0 heterocycles. The summed E-state index contributed by atoms with van der Waals surface area (Å²) >= 11 is 0. The SMILES string of the molecule is C[C@H](O)c1ccc(Oc2ccccc2CO)c([N+](=O)[O-])c1. The molecule has 0 radical (unpaired) electrons. The van der Waals surface area contributed by atoms with Gasteiger partial charge in [0.15, 0.2) is 0 Å². The zero-order valence-corrected chi connectivity index (χ0v) is 11.4. The molecule has 110 valence electrons. The normalized spacial score (nSPS) is 12.0. The molecule has 0 unspecified atom stereocenters. The quantitative estimate of drug-likeness (QED) is 0.652. The van der Waals surface area contributed by atoms with Crippen LogP contribution < -0.4 is 4.74 Å². The largest absolute Gasteiger partial charge is 0.450 e. The van der Waals surface area contributed by atoms with Crippen LogP contribution in [0.5, 0.6) is 11.5 Å². The summed E-state index contributed by atoms with van der Waals surface area (Å²) in [5, 5.41) is 29.9. The molecule has 2 aromatic rings. The second-order valence-electron chi connectivity index (χ2n) is 4.53. The summed E-state index contributed by atoms with van der Waals surface area (Å²) in [4.78, 5) is 10.6. The third kappa shape index (κ3) is 3.36. The van der Waals surface area contributed by atoms with E-state index in [1.54, 1.807) is 30.3 Å². The maximum absolute atomic E-state index is 11.1. The highest BCUT2D eigenvalue weighted by Gasteiger charge is 2.19. The maximum atomic E-state index is 11.1.